The van der Waals surface area contributed by atoms with Crippen molar-refractivity contribution in [1.29, 1.82) is 0 Å². The average Bonchev–Trinajstić information content (AvgIpc) is 2.75. The third-order valence-corrected chi connectivity index (χ3v) is 2.21. The topological polar surface area (TPSA) is 55.1 Å². The summed E-state index contributed by atoms with van der Waals surface area (Å²) in [6.45, 7) is -2.97. The molecule has 0 aliphatic carbocycles. The van der Waals surface area contributed by atoms with Crippen molar-refractivity contribution in [1.82, 2.24) is 9.78 Å². The van der Waals surface area contributed by atoms with Crippen LogP contribution in [0.5, 0.6) is 0 Å². The predicted octanol–water partition coefficient (Wildman–Crippen LogP) is 2.64. The van der Waals surface area contributed by atoms with Gasteiger partial charge in [-0.1, -0.05) is 30.3 Å². The second-order valence-corrected chi connectivity index (χ2v) is 3.31. The number of aromatic nitrogens is 2. The number of carboxylic acid groups (broad SMARTS) is 1. The minimum atomic E-state index is -2.97. The lowest BCUT2D eigenvalue weighted by molar-refractivity contribution is 0.0440. The van der Waals surface area contributed by atoms with Crippen molar-refractivity contribution in [3.63, 3.8) is 0 Å². The molecular weight excluding hydrogens is 230 g/mol. The first-order valence-electron chi connectivity index (χ1n) is 4.76. The highest BCUT2D eigenvalue weighted by Gasteiger charge is 2.20. The summed E-state index contributed by atoms with van der Waals surface area (Å²) in [5, 5.41) is 12.4. The van der Waals surface area contributed by atoms with Gasteiger partial charge < -0.3 is 5.11 Å². The third-order valence-electron chi connectivity index (χ3n) is 2.21. The van der Waals surface area contributed by atoms with Gasteiger partial charge in [-0.3, -0.25) is 0 Å². The van der Waals surface area contributed by atoms with E-state index in [1.165, 1.54) is 0 Å². The summed E-state index contributed by atoms with van der Waals surface area (Å²) in [6, 6.07) is 9.68. The Balaban J connectivity index is 2.51. The SMILES string of the molecule is O=C(O)c1cc(-c2ccccc2)nn1C(F)F. The fourth-order valence-corrected chi connectivity index (χ4v) is 1.45. The maximum atomic E-state index is 12.6. The smallest absolute Gasteiger partial charge is 0.354 e. The lowest BCUT2D eigenvalue weighted by Gasteiger charge is -2.00. The van der Waals surface area contributed by atoms with Crippen molar-refractivity contribution in [2.75, 3.05) is 0 Å². The monoisotopic (exact) mass is 238 g/mol. The standard InChI is InChI=1S/C11H8F2N2O2/c12-11(13)15-9(10(16)17)6-8(14-15)7-4-2-1-3-5-7/h1-6,11H,(H,16,17). The molecule has 0 saturated heterocycles. The van der Waals surface area contributed by atoms with Gasteiger partial charge in [0.1, 0.15) is 0 Å². The maximum absolute atomic E-state index is 12.6. The second-order valence-electron chi connectivity index (χ2n) is 3.31. The molecule has 6 heteroatoms. The molecule has 0 aliphatic heterocycles. The van der Waals surface area contributed by atoms with Crippen LogP contribution in [0.25, 0.3) is 11.3 Å². The van der Waals surface area contributed by atoms with Crippen LogP contribution < -0.4 is 0 Å². The highest BCUT2D eigenvalue weighted by atomic mass is 19.3. The van der Waals surface area contributed by atoms with Crippen LogP contribution in [0.1, 0.15) is 17.0 Å². The molecule has 1 aromatic carbocycles. The fourth-order valence-electron chi connectivity index (χ4n) is 1.45. The van der Waals surface area contributed by atoms with E-state index in [0.717, 1.165) is 6.07 Å². The Morgan fingerprint density at radius 1 is 1.29 bits per heavy atom. The molecule has 0 unspecified atom stereocenters. The van der Waals surface area contributed by atoms with Crippen LogP contribution in [0, 0.1) is 0 Å². The molecule has 88 valence electrons. The van der Waals surface area contributed by atoms with Gasteiger partial charge in [0, 0.05) is 5.56 Å². The van der Waals surface area contributed by atoms with E-state index < -0.39 is 18.2 Å². The van der Waals surface area contributed by atoms with Gasteiger partial charge >= 0.3 is 12.5 Å². The highest BCUT2D eigenvalue weighted by Crippen LogP contribution is 2.22. The molecule has 0 aliphatic rings. The molecule has 1 N–H and O–H groups in total. The molecule has 4 nitrogen and oxygen atoms in total. The van der Waals surface area contributed by atoms with Gasteiger partial charge in [0.25, 0.3) is 0 Å². The van der Waals surface area contributed by atoms with Gasteiger partial charge in [0.15, 0.2) is 5.69 Å². The van der Waals surface area contributed by atoms with E-state index in [9.17, 15) is 13.6 Å². The predicted molar refractivity (Wildman–Crippen MR) is 55.9 cm³/mol. The number of nitrogens with zero attached hydrogens (tertiary/aromatic N) is 2. The van der Waals surface area contributed by atoms with E-state index in [4.69, 9.17) is 5.11 Å². The lowest BCUT2D eigenvalue weighted by atomic mass is 10.1. The number of benzene rings is 1. The minimum absolute atomic E-state index is 0.199. The summed E-state index contributed by atoms with van der Waals surface area (Å²) in [4.78, 5) is 10.8. The van der Waals surface area contributed by atoms with Crippen LogP contribution in [0.2, 0.25) is 0 Å². The summed E-state index contributed by atoms with van der Waals surface area (Å²) < 4.78 is 25.3. The zero-order valence-corrected chi connectivity index (χ0v) is 8.55. The summed E-state index contributed by atoms with van der Waals surface area (Å²) in [5.74, 6) is -1.43. The van der Waals surface area contributed by atoms with Crippen LogP contribution >= 0.6 is 0 Å². The molecule has 0 radical (unpaired) electrons. The minimum Gasteiger partial charge on any atom is -0.477 e. The molecule has 2 rings (SSSR count). The van der Waals surface area contributed by atoms with E-state index >= 15 is 0 Å². The number of rotatable bonds is 3. The molecular formula is C11H8F2N2O2. The first-order chi connectivity index (χ1) is 8.09. The molecule has 1 heterocycles. The molecule has 17 heavy (non-hydrogen) atoms. The number of carboxylic acids is 1. The van der Waals surface area contributed by atoms with Crippen molar-refractivity contribution in [3.05, 3.63) is 42.1 Å². The summed E-state index contributed by atoms with van der Waals surface area (Å²) in [7, 11) is 0. The van der Waals surface area contributed by atoms with Crippen LogP contribution in [0.4, 0.5) is 8.78 Å². The Labute approximate surface area is 95.1 Å². The zero-order valence-electron chi connectivity index (χ0n) is 8.55. The third kappa shape index (κ3) is 2.15. The largest absolute Gasteiger partial charge is 0.477 e. The van der Waals surface area contributed by atoms with Crippen molar-refractivity contribution in [2.45, 2.75) is 6.55 Å². The number of alkyl halides is 2. The first-order valence-corrected chi connectivity index (χ1v) is 4.76. The number of halogens is 2. The van der Waals surface area contributed by atoms with E-state index in [1.54, 1.807) is 30.3 Å². The van der Waals surface area contributed by atoms with Crippen molar-refractivity contribution >= 4 is 5.97 Å². The van der Waals surface area contributed by atoms with Crippen molar-refractivity contribution < 1.29 is 18.7 Å². The molecule has 0 bridgehead atoms. The molecule has 0 saturated carbocycles. The first kappa shape index (κ1) is 11.3. The van der Waals surface area contributed by atoms with Crippen LogP contribution in [0.3, 0.4) is 0 Å². The van der Waals surface area contributed by atoms with Gasteiger partial charge in [-0.2, -0.15) is 18.6 Å². The van der Waals surface area contributed by atoms with Gasteiger partial charge in [-0.25, -0.2) is 4.79 Å². The summed E-state index contributed by atoms with van der Waals surface area (Å²) in [5.41, 5.74) is 0.275. The Kier molecular flexibility index (Phi) is 2.86. The van der Waals surface area contributed by atoms with Gasteiger partial charge in [0.2, 0.25) is 0 Å². The Bertz CT molecular complexity index is 538. The fraction of sp³-hybridized carbons (Fsp3) is 0.0909. The van der Waals surface area contributed by atoms with Crippen LogP contribution in [0.15, 0.2) is 36.4 Å². The molecule has 0 amide bonds. The van der Waals surface area contributed by atoms with Crippen LogP contribution in [-0.2, 0) is 0 Å². The summed E-state index contributed by atoms with van der Waals surface area (Å²) in [6.07, 6.45) is 0. The Morgan fingerprint density at radius 3 is 2.41 bits per heavy atom. The Hall–Kier alpha value is -2.24. The maximum Gasteiger partial charge on any atom is 0.354 e. The lowest BCUT2D eigenvalue weighted by Crippen LogP contribution is -2.10. The zero-order chi connectivity index (χ0) is 12.4. The number of aromatic carboxylic acids is 1. The van der Waals surface area contributed by atoms with Gasteiger partial charge in [-0.15, -0.1) is 0 Å². The second kappa shape index (κ2) is 4.32. The number of hydrogen-bond acceptors (Lipinski definition) is 2. The molecule has 1 aromatic heterocycles. The molecule has 2 aromatic rings. The number of carbonyl (C=O) groups is 1. The van der Waals surface area contributed by atoms with Crippen LogP contribution in [-0.4, -0.2) is 20.9 Å². The number of hydrogen-bond donors (Lipinski definition) is 1. The van der Waals surface area contributed by atoms with Crippen molar-refractivity contribution in [3.8, 4) is 11.3 Å². The highest BCUT2D eigenvalue weighted by molar-refractivity contribution is 5.87. The molecule has 0 fully saturated rings. The summed E-state index contributed by atoms with van der Waals surface area (Å²) >= 11 is 0. The van der Waals surface area contributed by atoms with E-state index in [0.29, 0.717) is 5.56 Å². The molecule has 0 atom stereocenters. The molecule has 0 spiro atoms. The van der Waals surface area contributed by atoms with E-state index in [1.807, 2.05) is 0 Å². The van der Waals surface area contributed by atoms with E-state index in [-0.39, 0.29) is 10.4 Å². The van der Waals surface area contributed by atoms with E-state index in [2.05, 4.69) is 5.10 Å². The normalized spacial score (nSPS) is 10.8. The van der Waals surface area contributed by atoms with Gasteiger partial charge in [0.05, 0.1) is 5.69 Å². The quantitative estimate of drug-likeness (QED) is 0.894. The Morgan fingerprint density at radius 2 is 1.94 bits per heavy atom. The van der Waals surface area contributed by atoms with Crippen molar-refractivity contribution in [2.24, 2.45) is 0 Å². The average molecular weight is 238 g/mol. The van der Waals surface area contributed by atoms with Gasteiger partial charge in [-0.05, 0) is 6.07 Å².